The van der Waals surface area contributed by atoms with Crippen molar-refractivity contribution in [2.24, 2.45) is 0 Å². The van der Waals surface area contributed by atoms with Crippen LogP contribution in [0.25, 0.3) is 0 Å². The Morgan fingerprint density at radius 3 is 3.07 bits per heavy atom. The van der Waals surface area contributed by atoms with Gasteiger partial charge in [-0.1, -0.05) is 24.3 Å². The van der Waals surface area contributed by atoms with E-state index in [-0.39, 0.29) is 12.0 Å². The second-order valence-corrected chi connectivity index (χ2v) is 4.07. The van der Waals surface area contributed by atoms with E-state index in [9.17, 15) is 5.11 Å². The molecule has 82 valence electrons. The normalized spacial score (nSPS) is 21.3. The average Bonchev–Trinajstić information content (AvgIpc) is 2.69. The zero-order valence-corrected chi connectivity index (χ0v) is 9.15. The molecule has 0 amide bonds. The van der Waals surface area contributed by atoms with E-state index in [4.69, 9.17) is 4.74 Å². The lowest BCUT2D eigenvalue weighted by Gasteiger charge is -2.18. The minimum Gasteiger partial charge on any atom is -0.390 e. The van der Waals surface area contributed by atoms with Gasteiger partial charge in [0.15, 0.2) is 0 Å². The van der Waals surface area contributed by atoms with Crippen molar-refractivity contribution in [2.75, 3.05) is 13.2 Å². The average molecular weight is 206 g/mol. The van der Waals surface area contributed by atoms with Crippen molar-refractivity contribution in [3.05, 3.63) is 35.4 Å². The van der Waals surface area contributed by atoms with Crippen molar-refractivity contribution in [3.8, 4) is 0 Å². The summed E-state index contributed by atoms with van der Waals surface area (Å²) in [5, 5.41) is 10.0. The fourth-order valence-corrected chi connectivity index (χ4v) is 2.34. The number of rotatable bonds is 4. The Labute approximate surface area is 90.9 Å². The molecule has 0 aliphatic heterocycles. The van der Waals surface area contributed by atoms with Crippen LogP contribution in [-0.4, -0.2) is 24.4 Å². The number of aliphatic hydroxyl groups is 1. The maximum atomic E-state index is 10.0. The SMILES string of the molecule is CCOCC(O)C1CCc2ccccc21. The summed E-state index contributed by atoms with van der Waals surface area (Å²) in [7, 11) is 0. The predicted octanol–water partition coefficient (Wildman–Crippen LogP) is 2.11. The third-order valence-corrected chi connectivity index (χ3v) is 3.14. The van der Waals surface area contributed by atoms with Gasteiger partial charge in [-0.3, -0.25) is 0 Å². The second-order valence-electron chi connectivity index (χ2n) is 4.07. The Hall–Kier alpha value is -0.860. The maximum absolute atomic E-state index is 10.0. The van der Waals surface area contributed by atoms with Crippen molar-refractivity contribution in [3.63, 3.8) is 0 Å². The lowest BCUT2D eigenvalue weighted by molar-refractivity contribution is 0.0275. The zero-order valence-electron chi connectivity index (χ0n) is 9.15. The van der Waals surface area contributed by atoms with E-state index in [1.807, 2.05) is 13.0 Å². The highest BCUT2D eigenvalue weighted by Crippen LogP contribution is 2.35. The smallest absolute Gasteiger partial charge is 0.0842 e. The van der Waals surface area contributed by atoms with Crippen LogP contribution in [0.2, 0.25) is 0 Å². The molecule has 2 rings (SSSR count). The number of fused-ring (bicyclic) bond motifs is 1. The number of aryl methyl sites for hydroxylation is 1. The first-order valence-corrected chi connectivity index (χ1v) is 5.66. The third kappa shape index (κ3) is 2.21. The van der Waals surface area contributed by atoms with Gasteiger partial charge in [-0.2, -0.15) is 0 Å². The minimum absolute atomic E-state index is 0.271. The quantitative estimate of drug-likeness (QED) is 0.817. The first-order chi connectivity index (χ1) is 7.33. The van der Waals surface area contributed by atoms with Gasteiger partial charge in [-0.25, -0.2) is 0 Å². The molecule has 1 aromatic rings. The summed E-state index contributed by atoms with van der Waals surface area (Å²) in [6.45, 7) is 3.08. The van der Waals surface area contributed by atoms with Crippen LogP contribution in [0.15, 0.2) is 24.3 Å². The molecule has 2 unspecified atom stereocenters. The highest BCUT2D eigenvalue weighted by atomic mass is 16.5. The van der Waals surface area contributed by atoms with Crippen LogP contribution in [0.3, 0.4) is 0 Å². The monoisotopic (exact) mass is 206 g/mol. The molecule has 2 atom stereocenters. The number of hydrogen-bond donors (Lipinski definition) is 1. The van der Waals surface area contributed by atoms with E-state index >= 15 is 0 Å². The second kappa shape index (κ2) is 4.77. The van der Waals surface area contributed by atoms with E-state index in [1.54, 1.807) is 0 Å². The minimum atomic E-state index is -0.353. The maximum Gasteiger partial charge on any atom is 0.0842 e. The van der Waals surface area contributed by atoms with Gasteiger partial charge in [0.2, 0.25) is 0 Å². The van der Waals surface area contributed by atoms with Gasteiger partial charge in [0.1, 0.15) is 0 Å². The molecule has 0 bridgehead atoms. The molecule has 1 N–H and O–H groups in total. The molecule has 1 aliphatic carbocycles. The largest absolute Gasteiger partial charge is 0.390 e. The van der Waals surface area contributed by atoms with Crippen molar-refractivity contribution in [1.29, 1.82) is 0 Å². The van der Waals surface area contributed by atoms with E-state index < -0.39 is 0 Å². The molecule has 1 aromatic carbocycles. The highest BCUT2D eigenvalue weighted by molar-refractivity contribution is 5.35. The van der Waals surface area contributed by atoms with Gasteiger partial charge in [0.25, 0.3) is 0 Å². The molecule has 2 nitrogen and oxygen atoms in total. The van der Waals surface area contributed by atoms with Crippen molar-refractivity contribution < 1.29 is 9.84 Å². The number of hydrogen-bond acceptors (Lipinski definition) is 2. The van der Waals surface area contributed by atoms with Crippen LogP contribution in [0.4, 0.5) is 0 Å². The van der Waals surface area contributed by atoms with E-state index in [1.165, 1.54) is 11.1 Å². The summed E-state index contributed by atoms with van der Waals surface area (Å²) >= 11 is 0. The van der Waals surface area contributed by atoms with Gasteiger partial charge < -0.3 is 9.84 Å². The summed E-state index contributed by atoms with van der Waals surface area (Å²) in [5.74, 6) is 0.271. The standard InChI is InChI=1S/C13H18O2/c1-2-15-9-13(14)12-8-7-10-5-3-4-6-11(10)12/h3-6,12-14H,2,7-9H2,1H3. The van der Waals surface area contributed by atoms with Crippen molar-refractivity contribution >= 4 is 0 Å². The highest BCUT2D eigenvalue weighted by Gasteiger charge is 2.27. The molecule has 15 heavy (non-hydrogen) atoms. The van der Waals surface area contributed by atoms with Crippen molar-refractivity contribution in [2.45, 2.75) is 31.8 Å². The molecule has 0 radical (unpaired) electrons. The zero-order chi connectivity index (χ0) is 10.7. The number of benzene rings is 1. The lowest BCUT2D eigenvalue weighted by atomic mass is 9.96. The summed E-state index contributed by atoms with van der Waals surface area (Å²) in [6.07, 6.45) is 1.78. The van der Waals surface area contributed by atoms with Crippen LogP contribution in [0.5, 0.6) is 0 Å². The van der Waals surface area contributed by atoms with Crippen LogP contribution in [0.1, 0.15) is 30.4 Å². The van der Waals surface area contributed by atoms with Gasteiger partial charge in [-0.15, -0.1) is 0 Å². The Kier molecular flexibility index (Phi) is 3.39. The van der Waals surface area contributed by atoms with Gasteiger partial charge in [-0.05, 0) is 30.9 Å². The predicted molar refractivity (Wildman–Crippen MR) is 60.0 cm³/mol. The molecule has 0 aromatic heterocycles. The Morgan fingerprint density at radius 2 is 2.27 bits per heavy atom. The van der Waals surface area contributed by atoms with E-state index in [2.05, 4.69) is 18.2 Å². The first kappa shape index (κ1) is 10.7. The lowest BCUT2D eigenvalue weighted by Crippen LogP contribution is -2.22. The summed E-state index contributed by atoms with van der Waals surface area (Å²) in [6, 6.07) is 8.39. The molecule has 0 spiro atoms. The fourth-order valence-electron chi connectivity index (χ4n) is 2.34. The first-order valence-electron chi connectivity index (χ1n) is 5.66. The molecule has 0 saturated heterocycles. The van der Waals surface area contributed by atoms with E-state index in [0.29, 0.717) is 13.2 Å². The Morgan fingerprint density at radius 1 is 1.47 bits per heavy atom. The number of ether oxygens (including phenoxy) is 1. The van der Waals surface area contributed by atoms with Gasteiger partial charge in [0, 0.05) is 12.5 Å². The molecule has 0 fully saturated rings. The fraction of sp³-hybridized carbons (Fsp3) is 0.538. The summed E-state index contributed by atoms with van der Waals surface area (Å²) in [5.41, 5.74) is 2.70. The molecule has 0 heterocycles. The topological polar surface area (TPSA) is 29.5 Å². The van der Waals surface area contributed by atoms with Crippen LogP contribution in [-0.2, 0) is 11.2 Å². The molecule has 1 aliphatic rings. The Bertz CT molecular complexity index is 322. The summed E-state index contributed by atoms with van der Waals surface area (Å²) in [4.78, 5) is 0. The van der Waals surface area contributed by atoms with Crippen LogP contribution < -0.4 is 0 Å². The molecular formula is C13H18O2. The molecule has 2 heteroatoms. The van der Waals surface area contributed by atoms with Gasteiger partial charge in [0.05, 0.1) is 12.7 Å². The third-order valence-electron chi connectivity index (χ3n) is 3.14. The Balaban J connectivity index is 2.06. The number of aliphatic hydroxyl groups excluding tert-OH is 1. The van der Waals surface area contributed by atoms with E-state index in [0.717, 1.165) is 12.8 Å². The molecular weight excluding hydrogens is 188 g/mol. The summed E-state index contributed by atoms with van der Waals surface area (Å²) < 4.78 is 5.27. The van der Waals surface area contributed by atoms with Crippen LogP contribution >= 0.6 is 0 Å². The molecule has 0 saturated carbocycles. The van der Waals surface area contributed by atoms with Gasteiger partial charge >= 0.3 is 0 Å². The van der Waals surface area contributed by atoms with Crippen LogP contribution in [0, 0.1) is 0 Å². The van der Waals surface area contributed by atoms with Crippen molar-refractivity contribution in [1.82, 2.24) is 0 Å².